The van der Waals surface area contributed by atoms with E-state index in [9.17, 15) is 9.90 Å². The number of nitrogens with one attached hydrogen (secondary N) is 1. The summed E-state index contributed by atoms with van der Waals surface area (Å²) < 4.78 is 0. The van der Waals surface area contributed by atoms with Gasteiger partial charge in [-0.05, 0) is 42.3 Å². The number of benzene rings is 2. The lowest BCUT2D eigenvalue weighted by atomic mass is 9.87. The highest BCUT2D eigenvalue weighted by Crippen LogP contribution is 2.43. The minimum atomic E-state index is -1.71. The number of aliphatic hydroxyl groups is 1. The molecule has 0 radical (unpaired) electrons. The Labute approximate surface area is 126 Å². The normalized spacial score (nSPS) is 20.7. The Morgan fingerprint density at radius 3 is 2.45 bits per heavy atom. The third-order valence-corrected chi connectivity index (χ3v) is 4.19. The molecule has 1 aliphatic heterocycles. The second-order valence-corrected chi connectivity index (χ2v) is 5.66. The number of carbonyl (C=O) groups excluding carboxylic acids is 1. The van der Waals surface area contributed by atoms with Crippen LogP contribution in [0.2, 0.25) is 10.0 Å². The van der Waals surface area contributed by atoms with Crippen LogP contribution >= 0.6 is 23.2 Å². The van der Waals surface area contributed by atoms with Crippen molar-refractivity contribution in [3.8, 4) is 0 Å². The van der Waals surface area contributed by atoms with Gasteiger partial charge in [0.05, 0.1) is 0 Å². The van der Waals surface area contributed by atoms with Crippen molar-refractivity contribution in [2.24, 2.45) is 0 Å². The van der Waals surface area contributed by atoms with Gasteiger partial charge in [0.15, 0.2) is 5.60 Å². The maximum Gasteiger partial charge on any atom is 0.265 e. The Morgan fingerprint density at radius 2 is 1.80 bits per heavy atom. The molecule has 0 saturated carbocycles. The molecule has 1 aliphatic rings. The van der Waals surface area contributed by atoms with Crippen molar-refractivity contribution in [3.05, 3.63) is 63.1 Å². The first-order chi connectivity index (χ1) is 9.42. The fourth-order valence-electron chi connectivity index (χ4n) is 2.40. The van der Waals surface area contributed by atoms with Crippen molar-refractivity contribution in [3.63, 3.8) is 0 Å². The summed E-state index contributed by atoms with van der Waals surface area (Å²) in [5.41, 5.74) is 0.596. The zero-order valence-electron chi connectivity index (χ0n) is 10.6. The molecule has 1 unspecified atom stereocenters. The van der Waals surface area contributed by atoms with Crippen LogP contribution in [0.3, 0.4) is 0 Å². The predicted octanol–water partition coefficient (Wildman–Crippen LogP) is 3.49. The highest BCUT2D eigenvalue weighted by atomic mass is 35.5. The van der Waals surface area contributed by atoms with Gasteiger partial charge >= 0.3 is 0 Å². The smallest absolute Gasteiger partial charge is 0.265 e. The molecular weight excluding hydrogens is 297 g/mol. The fraction of sp³-hybridized carbons (Fsp3) is 0.133. The van der Waals surface area contributed by atoms with E-state index < -0.39 is 11.5 Å². The van der Waals surface area contributed by atoms with Crippen LogP contribution in [0.1, 0.15) is 16.7 Å². The lowest BCUT2D eigenvalue weighted by Crippen LogP contribution is -2.35. The fourth-order valence-corrected chi connectivity index (χ4v) is 2.69. The van der Waals surface area contributed by atoms with Gasteiger partial charge in [0.25, 0.3) is 5.91 Å². The summed E-state index contributed by atoms with van der Waals surface area (Å²) in [7, 11) is 0. The molecule has 3 nitrogen and oxygen atoms in total. The Balaban J connectivity index is 2.22. The molecule has 0 spiro atoms. The number of amides is 1. The van der Waals surface area contributed by atoms with Crippen molar-refractivity contribution in [2.75, 3.05) is 5.32 Å². The molecule has 1 amide bonds. The summed E-state index contributed by atoms with van der Waals surface area (Å²) in [6.45, 7) is 1.83. The second kappa shape index (κ2) is 4.48. The number of anilines is 1. The van der Waals surface area contributed by atoms with E-state index in [0.717, 1.165) is 5.56 Å². The first-order valence-corrected chi connectivity index (χ1v) is 6.79. The van der Waals surface area contributed by atoms with Gasteiger partial charge in [-0.3, -0.25) is 4.79 Å². The molecule has 3 rings (SSSR count). The third kappa shape index (κ3) is 1.82. The van der Waals surface area contributed by atoms with E-state index in [1.165, 1.54) is 0 Å². The molecule has 20 heavy (non-hydrogen) atoms. The van der Waals surface area contributed by atoms with E-state index in [2.05, 4.69) is 5.32 Å². The highest BCUT2D eigenvalue weighted by Gasteiger charge is 2.47. The highest BCUT2D eigenvalue weighted by molar-refractivity contribution is 6.32. The molecule has 1 atom stereocenters. The Morgan fingerprint density at radius 1 is 1.15 bits per heavy atom. The summed E-state index contributed by atoms with van der Waals surface area (Å²) in [6, 6.07) is 9.94. The van der Waals surface area contributed by atoms with Gasteiger partial charge in [-0.15, -0.1) is 0 Å². The van der Waals surface area contributed by atoms with Crippen molar-refractivity contribution < 1.29 is 9.90 Å². The lowest BCUT2D eigenvalue weighted by molar-refractivity contribution is -0.129. The summed E-state index contributed by atoms with van der Waals surface area (Å²) in [4.78, 5) is 12.2. The van der Waals surface area contributed by atoms with Crippen LogP contribution in [0, 0.1) is 6.92 Å². The van der Waals surface area contributed by atoms with E-state index >= 15 is 0 Å². The molecule has 0 saturated heterocycles. The van der Waals surface area contributed by atoms with Crippen molar-refractivity contribution in [1.82, 2.24) is 0 Å². The molecule has 2 aromatic carbocycles. The van der Waals surface area contributed by atoms with Gasteiger partial charge in [-0.1, -0.05) is 35.3 Å². The molecule has 0 bridgehead atoms. The maximum absolute atomic E-state index is 12.2. The van der Waals surface area contributed by atoms with Crippen molar-refractivity contribution in [1.29, 1.82) is 0 Å². The van der Waals surface area contributed by atoms with Crippen LogP contribution in [-0.2, 0) is 10.4 Å². The third-order valence-electron chi connectivity index (χ3n) is 3.53. The van der Waals surface area contributed by atoms with Crippen LogP contribution in [0.4, 0.5) is 5.69 Å². The SMILES string of the molecule is Cc1cc2c(cc1Cl)NC(=O)C2(O)c1ccc(Cl)cc1. The first-order valence-electron chi connectivity index (χ1n) is 6.03. The van der Waals surface area contributed by atoms with Crippen molar-refractivity contribution in [2.45, 2.75) is 12.5 Å². The number of carbonyl (C=O) groups is 1. The van der Waals surface area contributed by atoms with E-state index in [0.29, 0.717) is 26.9 Å². The second-order valence-electron chi connectivity index (χ2n) is 4.82. The van der Waals surface area contributed by atoms with Gasteiger partial charge < -0.3 is 10.4 Å². The van der Waals surface area contributed by atoms with E-state index in [4.69, 9.17) is 23.2 Å². The Hall–Kier alpha value is -1.55. The summed E-state index contributed by atoms with van der Waals surface area (Å²) in [5.74, 6) is -0.489. The predicted molar refractivity (Wildman–Crippen MR) is 79.3 cm³/mol. The monoisotopic (exact) mass is 307 g/mol. The molecule has 102 valence electrons. The number of hydrogen-bond acceptors (Lipinski definition) is 2. The molecule has 0 aliphatic carbocycles. The topological polar surface area (TPSA) is 49.3 Å². The van der Waals surface area contributed by atoms with E-state index in [-0.39, 0.29) is 0 Å². The van der Waals surface area contributed by atoms with Gasteiger partial charge in [0.1, 0.15) is 0 Å². The van der Waals surface area contributed by atoms with Crippen LogP contribution in [0.15, 0.2) is 36.4 Å². The zero-order chi connectivity index (χ0) is 14.5. The van der Waals surface area contributed by atoms with E-state index in [1.807, 2.05) is 6.92 Å². The number of fused-ring (bicyclic) bond motifs is 1. The maximum atomic E-state index is 12.2. The number of aryl methyl sites for hydroxylation is 1. The summed E-state index contributed by atoms with van der Waals surface area (Å²) in [6.07, 6.45) is 0. The van der Waals surface area contributed by atoms with Crippen molar-refractivity contribution >= 4 is 34.8 Å². The molecule has 2 N–H and O–H groups in total. The van der Waals surface area contributed by atoms with Gasteiger partial charge in [0.2, 0.25) is 0 Å². The quantitative estimate of drug-likeness (QED) is 0.847. The standard InChI is InChI=1S/C15H11Cl2NO2/c1-8-6-11-13(7-12(8)17)18-14(19)15(11,20)9-2-4-10(16)5-3-9/h2-7,20H,1H3,(H,18,19). The van der Waals surface area contributed by atoms with Crippen LogP contribution in [-0.4, -0.2) is 11.0 Å². The molecule has 1 heterocycles. The lowest BCUT2D eigenvalue weighted by Gasteiger charge is -2.21. The molecular formula is C15H11Cl2NO2. The van der Waals surface area contributed by atoms with Gasteiger partial charge in [-0.25, -0.2) is 0 Å². The Kier molecular flexibility index (Phi) is 3.01. The molecule has 0 fully saturated rings. The van der Waals surface area contributed by atoms with Crippen LogP contribution in [0.25, 0.3) is 0 Å². The molecule has 0 aromatic heterocycles. The van der Waals surface area contributed by atoms with Crippen LogP contribution in [0.5, 0.6) is 0 Å². The first kappa shape index (κ1) is 13.4. The van der Waals surface area contributed by atoms with Crippen LogP contribution < -0.4 is 5.32 Å². The summed E-state index contributed by atoms with van der Waals surface area (Å²) >= 11 is 11.9. The molecule has 5 heteroatoms. The van der Waals surface area contributed by atoms with Gasteiger partial charge in [0, 0.05) is 21.3 Å². The number of halogens is 2. The number of hydrogen-bond donors (Lipinski definition) is 2. The largest absolute Gasteiger partial charge is 0.372 e. The minimum Gasteiger partial charge on any atom is -0.372 e. The molecule has 2 aromatic rings. The Bertz CT molecular complexity index is 713. The average Bonchev–Trinajstić information content (AvgIpc) is 2.65. The zero-order valence-corrected chi connectivity index (χ0v) is 12.1. The summed E-state index contributed by atoms with van der Waals surface area (Å²) in [5, 5.41) is 14.6. The number of rotatable bonds is 1. The van der Waals surface area contributed by atoms with Gasteiger partial charge in [-0.2, -0.15) is 0 Å². The minimum absolute atomic E-state index is 0.472. The average molecular weight is 308 g/mol. The van der Waals surface area contributed by atoms with E-state index in [1.54, 1.807) is 36.4 Å².